The van der Waals surface area contributed by atoms with E-state index in [0.29, 0.717) is 11.1 Å². The Kier molecular flexibility index (Phi) is 6.68. The van der Waals surface area contributed by atoms with E-state index in [2.05, 4.69) is 10.6 Å². The standard InChI is InChI=1S/C23H19N3O4/c27-22(19-11-5-2-6-12-19)25-21(15-18-10-7-13-20(14-18)26(29)30)23(28)24-16-17-8-3-1-4-9-17/h1-15H,16H2,(H,24,28)(H,25,27)/b21-15-. The van der Waals surface area contributed by atoms with Crippen LogP contribution in [-0.4, -0.2) is 16.7 Å². The minimum Gasteiger partial charge on any atom is -0.347 e. The molecule has 0 radical (unpaired) electrons. The Morgan fingerprint density at radius 1 is 0.900 bits per heavy atom. The fourth-order valence-corrected chi connectivity index (χ4v) is 2.71. The van der Waals surface area contributed by atoms with E-state index in [1.54, 1.807) is 36.4 Å². The van der Waals surface area contributed by atoms with Crippen molar-refractivity contribution in [1.82, 2.24) is 10.6 Å². The second-order valence-corrected chi connectivity index (χ2v) is 6.40. The Labute approximate surface area is 173 Å². The first-order valence-corrected chi connectivity index (χ1v) is 9.17. The third-order valence-electron chi connectivity index (χ3n) is 4.22. The van der Waals surface area contributed by atoms with Crippen LogP contribution in [0.25, 0.3) is 6.08 Å². The molecule has 3 rings (SSSR count). The van der Waals surface area contributed by atoms with E-state index in [4.69, 9.17) is 0 Å². The van der Waals surface area contributed by atoms with E-state index in [-0.39, 0.29) is 17.9 Å². The minimum absolute atomic E-state index is 0.0136. The zero-order chi connectivity index (χ0) is 21.3. The molecular weight excluding hydrogens is 382 g/mol. The average molecular weight is 401 g/mol. The molecule has 0 spiro atoms. The van der Waals surface area contributed by atoms with Crippen LogP contribution >= 0.6 is 0 Å². The van der Waals surface area contributed by atoms with Gasteiger partial charge >= 0.3 is 0 Å². The summed E-state index contributed by atoms with van der Waals surface area (Å²) < 4.78 is 0. The van der Waals surface area contributed by atoms with Crippen LogP contribution in [0.15, 0.2) is 90.6 Å². The van der Waals surface area contributed by atoms with Gasteiger partial charge in [-0.1, -0.05) is 60.7 Å². The van der Waals surface area contributed by atoms with Crippen LogP contribution in [0.5, 0.6) is 0 Å². The molecule has 0 heterocycles. The topological polar surface area (TPSA) is 101 Å². The summed E-state index contributed by atoms with van der Waals surface area (Å²) in [5.74, 6) is -0.961. The Bertz CT molecular complexity index is 1080. The van der Waals surface area contributed by atoms with Gasteiger partial charge in [0, 0.05) is 24.2 Å². The molecule has 7 nitrogen and oxygen atoms in total. The highest BCUT2D eigenvalue weighted by atomic mass is 16.6. The van der Waals surface area contributed by atoms with E-state index in [1.165, 1.54) is 24.3 Å². The molecule has 150 valence electrons. The lowest BCUT2D eigenvalue weighted by molar-refractivity contribution is -0.384. The molecule has 3 aromatic carbocycles. The van der Waals surface area contributed by atoms with Crippen LogP contribution in [0.1, 0.15) is 21.5 Å². The van der Waals surface area contributed by atoms with Gasteiger partial charge in [0.15, 0.2) is 0 Å². The maximum atomic E-state index is 12.8. The predicted octanol–water partition coefficient (Wildman–Crippen LogP) is 3.68. The highest BCUT2D eigenvalue weighted by molar-refractivity contribution is 6.05. The van der Waals surface area contributed by atoms with E-state index >= 15 is 0 Å². The number of rotatable bonds is 7. The van der Waals surface area contributed by atoms with E-state index in [0.717, 1.165) is 5.56 Å². The number of nitro benzene ring substituents is 1. The summed E-state index contributed by atoms with van der Waals surface area (Å²) in [7, 11) is 0. The molecule has 2 amide bonds. The molecular formula is C23H19N3O4. The molecule has 0 saturated carbocycles. The van der Waals surface area contributed by atoms with E-state index < -0.39 is 16.7 Å². The fraction of sp³-hybridized carbons (Fsp3) is 0.0435. The first-order chi connectivity index (χ1) is 14.5. The largest absolute Gasteiger partial charge is 0.347 e. The van der Waals surface area contributed by atoms with Crippen molar-refractivity contribution in [2.75, 3.05) is 0 Å². The average Bonchev–Trinajstić information content (AvgIpc) is 2.78. The molecule has 0 aromatic heterocycles. The molecule has 0 fully saturated rings. The van der Waals surface area contributed by atoms with Crippen molar-refractivity contribution in [2.45, 2.75) is 6.54 Å². The predicted molar refractivity (Wildman–Crippen MR) is 113 cm³/mol. The number of hydrogen-bond acceptors (Lipinski definition) is 4. The van der Waals surface area contributed by atoms with Crippen LogP contribution in [0.3, 0.4) is 0 Å². The second kappa shape index (κ2) is 9.79. The normalized spacial score (nSPS) is 10.9. The molecule has 0 aliphatic carbocycles. The van der Waals surface area contributed by atoms with Gasteiger partial charge in [-0.2, -0.15) is 0 Å². The van der Waals surface area contributed by atoms with Crippen molar-refractivity contribution in [3.8, 4) is 0 Å². The summed E-state index contributed by atoms with van der Waals surface area (Å²) in [5, 5.41) is 16.4. The van der Waals surface area contributed by atoms with Crippen molar-refractivity contribution in [1.29, 1.82) is 0 Å². The molecule has 0 atom stereocenters. The summed E-state index contributed by atoms with van der Waals surface area (Å²) in [6, 6.07) is 23.6. The van der Waals surface area contributed by atoms with Gasteiger partial charge in [0.05, 0.1) is 4.92 Å². The smallest absolute Gasteiger partial charge is 0.270 e. The van der Waals surface area contributed by atoms with Gasteiger partial charge in [-0.25, -0.2) is 0 Å². The quantitative estimate of drug-likeness (QED) is 0.358. The minimum atomic E-state index is -0.519. The first kappa shape index (κ1) is 20.5. The Morgan fingerprint density at radius 3 is 2.23 bits per heavy atom. The van der Waals surface area contributed by atoms with Crippen molar-refractivity contribution in [3.63, 3.8) is 0 Å². The van der Waals surface area contributed by atoms with Gasteiger partial charge in [-0.3, -0.25) is 19.7 Å². The highest BCUT2D eigenvalue weighted by Crippen LogP contribution is 2.15. The lowest BCUT2D eigenvalue weighted by atomic mass is 10.1. The summed E-state index contributed by atoms with van der Waals surface area (Å²) in [4.78, 5) is 35.8. The first-order valence-electron chi connectivity index (χ1n) is 9.17. The number of hydrogen-bond donors (Lipinski definition) is 2. The van der Waals surface area contributed by atoms with Gasteiger partial charge < -0.3 is 10.6 Å². The summed E-state index contributed by atoms with van der Waals surface area (Å²) in [6.45, 7) is 0.271. The van der Waals surface area contributed by atoms with Crippen molar-refractivity contribution >= 4 is 23.6 Å². The number of carbonyl (C=O) groups is 2. The number of amides is 2. The molecule has 0 unspecified atom stereocenters. The molecule has 2 N–H and O–H groups in total. The molecule has 0 bridgehead atoms. The van der Waals surface area contributed by atoms with Crippen molar-refractivity contribution in [3.05, 3.63) is 117 Å². The van der Waals surface area contributed by atoms with Crippen LogP contribution in [0.4, 0.5) is 5.69 Å². The number of carbonyl (C=O) groups excluding carboxylic acids is 2. The van der Waals surface area contributed by atoms with Crippen LogP contribution in [-0.2, 0) is 11.3 Å². The monoisotopic (exact) mass is 401 g/mol. The van der Waals surface area contributed by atoms with Gasteiger partial charge in [0.2, 0.25) is 0 Å². The number of non-ortho nitro benzene ring substituents is 1. The number of nitrogens with one attached hydrogen (secondary N) is 2. The van der Waals surface area contributed by atoms with Crippen LogP contribution in [0, 0.1) is 10.1 Å². The molecule has 30 heavy (non-hydrogen) atoms. The Balaban J connectivity index is 1.85. The van der Waals surface area contributed by atoms with Crippen LogP contribution in [0.2, 0.25) is 0 Å². The maximum absolute atomic E-state index is 12.8. The number of nitro groups is 1. The van der Waals surface area contributed by atoms with Gasteiger partial charge in [0.25, 0.3) is 17.5 Å². The number of nitrogens with zero attached hydrogens (tertiary/aromatic N) is 1. The van der Waals surface area contributed by atoms with Gasteiger partial charge in [-0.05, 0) is 29.3 Å². The van der Waals surface area contributed by atoms with Crippen LogP contribution < -0.4 is 10.6 Å². The van der Waals surface area contributed by atoms with E-state index in [1.807, 2.05) is 30.3 Å². The highest BCUT2D eigenvalue weighted by Gasteiger charge is 2.15. The molecule has 0 aliphatic rings. The molecule has 0 aliphatic heterocycles. The zero-order valence-corrected chi connectivity index (χ0v) is 15.9. The Hall–Kier alpha value is -4.26. The van der Waals surface area contributed by atoms with E-state index in [9.17, 15) is 19.7 Å². The summed E-state index contributed by atoms with van der Waals surface area (Å²) in [5.41, 5.74) is 1.58. The van der Waals surface area contributed by atoms with Crippen molar-refractivity contribution in [2.24, 2.45) is 0 Å². The van der Waals surface area contributed by atoms with Gasteiger partial charge in [-0.15, -0.1) is 0 Å². The van der Waals surface area contributed by atoms with Crippen molar-refractivity contribution < 1.29 is 14.5 Å². The lowest BCUT2D eigenvalue weighted by Crippen LogP contribution is -2.34. The zero-order valence-electron chi connectivity index (χ0n) is 15.9. The molecule has 7 heteroatoms. The third-order valence-corrected chi connectivity index (χ3v) is 4.22. The molecule has 0 saturated heterocycles. The second-order valence-electron chi connectivity index (χ2n) is 6.40. The molecule has 3 aromatic rings. The third kappa shape index (κ3) is 5.62. The SMILES string of the molecule is O=C(NCc1ccccc1)/C(=C/c1cccc([N+](=O)[O-])c1)NC(=O)c1ccccc1. The summed E-state index contributed by atoms with van der Waals surface area (Å²) >= 11 is 0. The summed E-state index contributed by atoms with van der Waals surface area (Å²) in [6.07, 6.45) is 1.41. The maximum Gasteiger partial charge on any atom is 0.270 e. The Morgan fingerprint density at radius 2 is 1.57 bits per heavy atom. The number of benzene rings is 3. The fourth-order valence-electron chi connectivity index (χ4n) is 2.71. The lowest BCUT2D eigenvalue weighted by Gasteiger charge is -2.11. The van der Waals surface area contributed by atoms with Gasteiger partial charge in [0.1, 0.15) is 5.70 Å².